The first-order chi connectivity index (χ1) is 14.4. The Bertz CT molecular complexity index is 1120. The summed E-state index contributed by atoms with van der Waals surface area (Å²) >= 11 is 0. The molecule has 0 amide bonds. The third-order valence-electron chi connectivity index (χ3n) is 6.75. The van der Waals surface area contributed by atoms with Gasteiger partial charge in [0.15, 0.2) is 17.2 Å². The number of ketones is 3. The van der Waals surface area contributed by atoms with E-state index in [0.29, 0.717) is 5.56 Å². The molecule has 3 aliphatic rings. The number of aryl methyl sites for hydroxylation is 1. The minimum absolute atomic E-state index is 0.0699. The summed E-state index contributed by atoms with van der Waals surface area (Å²) in [6.07, 6.45) is 1.87. The number of aromatic hydroxyl groups is 1. The highest BCUT2D eigenvalue weighted by Crippen LogP contribution is 2.52. The second-order valence-corrected chi connectivity index (χ2v) is 8.75. The number of carbonyl (C=O) groups is 3. The third kappa shape index (κ3) is 2.63. The highest BCUT2D eigenvalue weighted by molar-refractivity contribution is 6.25. The topological polar surface area (TPSA) is 148 Å². The SMILES string of the molecule is CC(=O)C1=C(O)[C@@]2(O)C(=O)C3=C(O)c4c(cnc(C)c4O)C[C@H]3C[C@H]2[C@H](N(C)C)C1=O. The summed E-state index contributed by atoms with van der Waals surface area (Å²) in [7, 11) is 3.19. The van der Waals surface area contributed by atoms with Crippen molar-refractivity contribution in [3.63, 3.8) is 0 Å². The maximum Gasteiger partial charge on any atom is 0.202 e. The Labute approximate surface area is 178 Å². The molecule has 0 spiro atoms. The molecule has 1 fully saturated rings. The van der Waals surface area contributed by atoms with Crippen molar-refractivity contribution in [1.82, 2.24) is 9.88 Å². The van der Waals surface area contributed by atoms with Crippen molar-refractivity contribution in [2.45, 2.75) is 38.3 Å². The van der Waals surface area contributed by atoms with Crippen molar-refractivity contribution in [3.8, 4) is 5.75 Å². The number of fused-ring (bicyclic) bond motifs is 3. The first-order valence-electron chi connectivity index (χ1n) is 9.96. The molecule has 1 aromatic rings. The molecule has 4 N–H and O–H groups in total. The van der Waals surface area contributed by atoms with Crippen molar-refractivity contribution in [2.75, 3.05) is 14.1 Å². The van der Waals surface area contributed by atoms with Crippen molar-refractivity contribution >= 4 is 23.1 Å². The molecule has 1 aromatic heterocycles. The van der Waals surface area contributed by atoms with E-state index in [4.69, 9.17) is 0 Å². The zero-order valence-corrected chi connectivity index (χ0v) is 17.6. The van der Waals surface area contributed by atoms with Crippen LogP contribution in [0.5, 0.6) is 5.75 Å². The molecule has 4 rings (SSSR count). The molecule has 0 aromatic carbocycles. The first-order valence-corrected chi connectivity index (χ1v) is 9.96. The van der Waals surface area contributed by atoms with Crippen LogP contribution in [-0.4, -0.2) is 73.4 Å². The van der Waals surface area contributed by atoms with Gasteiger partial charge in [-0.3, -0.25) is 24.3 Å². The summed E-state index contributed by atoms with van der Waals surface area (Å²) in [6.45, 7) is 2.63. The maximum absolute atomic E-state index is 13.6. The van der Waals surface area contributed by atoms with Crippen LogP contribution in [0.1, 0.15) is 30.2 Å². The quantitative estimate of drug-likeness (QED) is 0.501. The Kier molecular flexibility index (Phi) is 4.60. The fraction of sp³-hybridized carbons (Fsp3) is 0.455. The predicted molar refractivity (Wildman–Crippen MR) is 108 cm³/mol. The van der Waals surface area contributed by atoms with Gasteiger partial charge in [-0.25, -0.2) is 0 Å². The van der Waals surface area contributed by atoms with Crippen LogP contribution in [0.25, 0.3) is 5.76 Å². The number of nitrogens with zero attached hydrogens (tertiary/aromatic N) is 2. The maximum atomic E-state index is 13.6. The standard InChI is InChI=1S/C22H24N2O7/c1-8-17(26)14-11(7-23-8)5-10-6-12-16(24(3)4)19(28)13(9(2)25)20(29)22(12,31)21(30)15(10)18(14)27/h7,10,12,16,26-27,29,31H,5-6H2,1-4H3/t10-,12-,16-,22+/m0/s1. The number of carbonyl (C=O) groups excluding carboxylic acids is 3. The van der Waals surface area contributed by atoms with Crippen molar-refractivity contribution in [3.05, 3.63) is 39.9 Å². The smallest absolute Gasteiger partial charge is 0.202 e. The molecule has 0 bridgehead atoms. The van der Waals surface area contributed by atoms with E-state index in [1.807, 2.05) is 0 Å². The molecule has 31 heavy (non-hydrogen) atoms. The number of hydrogen-bond acceptors (Lipinski definition) is 9. The molecular formula is C22H24N2O7. The highest BCUT2D eigenvalue weighted by atomic mass is 16.3. The Morgan fingerprint density at radius 1 is 1.23 bits per heavy atom. The first kappa shape index (κ1) is 21.2. The van der Waals surface area contributed by atoms with Gasteiger partial charge in [0.05, 0.1) is 17.3 Å². The Morgan fingerprint density at radius 2 is 1.87 bits per heavy atom. The van der Waals surface area contributed by atoms with Gasteiger partial charge in [-0.15, -0.1) is 0 Å². The van der Waals surface area contributed by atoms with Crippen molar-refractivity contribution < 1.29 is 34.8 Å². The fourth-order valence-corrected chi connectivity index (χ4v) is 5.31. The Morgan fingerprint density at radius 3 is 2.45 bits per heavy atom. The molecule has 4 atom stereocenters. The van der Waals surface area contributed by atoms with Crippen LogP contribution in [0.4, 0.5) is 0 Å². The molecule has 9 nitrogen and oxygen atoms in total. The lowest BCUT2D eigenvalue weighted by Gasteiger charge is -2.50. The summed E-state index contributed by atoms with van der Waals surface area (Å²) in [5.41, 5.74) is -2.40. The molecule has 0 aliphatic heterocycles. The predicted octanol–water partition coefficient (Wildman–Crippen LogP) is 0.771. The van der Waals surface area contributed by atoms with E-state index in [1.54, 1.807) is 21.0 Å². The minimum atomic E-state index is -2.54. The van der Waals surface area contributed by atoms with Crippen LogP contribution in [0.2, 0.25) is 0 Å². The summed E-state index contributed by atoms with van der Waals surface area (Å²) in [4.78, 5) is 44.4. The average Bonchev–Trinajstić information content (AvgIpc) is 2.67. The number of rotatable bonds is 2. The Balaban J connectivity index is 1.98. The molecule has 0 saturated heterocycles. The molecule has 0 unspecified atom stereocenters. The minimum Gasteiger partial charge on any atom is -0.508 e. The van der Waals surface area contributed by atoms with E-state index in [1.165, 1.54) is 11.1 Å². The number of aromatic nitrogens is 1. The van der Waals surface area contributed by atoms with Gasteiger partial charge in [0.2, 0.25) is 5.78 Å². The number of hydrogen-bond donors (Lipinski definition) is 4. The second-order valence-electron chi connectivity index (χ2n) is 8.75. The largest absolute Gasteiger partial charge is 0.508 e. The lowest BCUT2D eigenvalue weighted by molar-refractivity contribution is -0.153. The van der Waals surface area contributed by atoms with Gasteiger partial charge in [-0.05, 0) is 52.3 Å². The van der Waals surface area contributed by atoms with E-state index in [-0.39, 0.29) is 35.4 Å². The summed E-state index contributed by atoms with van der Waals surface area (Å²) in [5.74, 6) is -5.70. The normalized spacial score (nSPS) is 30.3. The number of Topliss-reactive ketones (excluding diaryl/α,β-unsaturated/α-hetero) is 3. The zero-order chi connectivity index (χ0) is 23.0. The number of aliphatic hydroxyl groups excluding tert-OH is 2. The van der Waals surface area contributed by atoms with Gasteiger partial charge in [-0.2, -0.15) is 0 Å². The number of likely N-dealkylation sites (N-methyl/N-ethyl adjacent to an activating group) is 1. The van der Waals surface area contributed by atoms with Crippen molar-refractivity contribution in [1.29, 1.82) is 0 Å². The molecule has 9 heteroatoms. The van der Waals surface area contributed by atoms with Gasteiger partial charge in [0.25, 0.3) is 0 Å². The van der Waals surface area contributed by atoms with Gasteiger partial charge >= 0.3 is 0 Å². The van der Waals surface area contributed by atoms with Crippen LogP contribution in [-0.2, 0) is 20.8 Å². The van der Waals surface area contributed by atoms with E-state index < -0.39 is 57.9 Å². The summed E-state index contributed by atoms with van der Waals surface area (Å²) in [6, 6.07) is -1.02. The van der Waals surface area contributed by atoms with E-state index >= 15 is 0 Å². The highest BCUT2D eigenvalue weighted by Gasteiger charge is 2.63. The van der Waals surface area contributed by atoms with E-state index in [2.05, 4.69) is 4.98 Å². The molecule has 1 heterocycles. The summed E-state index contributed by atoms with van der Waals surface area (Å²) < 4.78 is 0. The fourth-order valence-electron chi connectivity index (χ4n) is 5.31. The zero-order valence-electron chi connectivity index (χ0n) is 17.6. The molecule has 164 valence electrons. The van der Waals surface area contributed by atoms with Gasteiger partial charge in [0.1, 0.15) is 22.8 Å². The van der Waals surface area contributed by atoms with Crippen molar-refractivity contribution in [2.24, 2.45) is 11.8 Å². The van der Waals surface area contributed by atoms with E-state index in [0.717, 1.165) is 6.92 Å². The van der Waals surface area contributed by atoms with Gasteiger partial charge in [0, 0.05) is 17.7 Å². The molecule has 1 saturated carbocycles. The number of aliphatic hydroxyl groups is 3. The van der Waals surface area contributed by atoms with Crippen LogP contribution in [0.15, 0.2) is 23.1 Å². The summed E-state index contributed by atoms with van der Waals surface area (Å²) in [5, 5.41) is 43.7. The van der Waals surface area contributed by atoms with Gasteiger partial charge < -0.3 is 20.4 Å². The lowest BCUT2D eigenvalue weighted by atomic mass is 9.57. The van der Waals surface area contributed by atoms with E-state index in [9.17, 15) is 34.8 Å². The average molecular weight is 428 g/mol. The molecule has 3 aliphatic carbocycles. The monoisotopic (exact) mass is 428 g/mol. The van der Waals surface area contributed by atoms with Crippen LogP contribution < -0.4 is 0 Å². The second kappa shape index (κ2) is 6.73. The van der Waals surface area contributed by atoms with Gasteiger partial charge in [-0.1, -0.05) is 0 Å². The molecule has 0 radical (unpaired) electrons. The third-order valence-corrected chi connectivity index (χ3v) is 6.75. The Hall–Kier alpha value is -3.04. The van der Waals surface area contributed by atoms with Crippen LogP contribution in [0.3, 0.4) is 0 Å². The van der Waals surface area contributed by atoms with Crippen LogP contribution in [0, 0.1) is 18.8 Å². The molecular weight excluding hydrogens is 404 g/mol. The number of pyridine rings is 1. The lowest BCUT2D eigenvalue weighted by Crippen LogP contribution is -2.65. The van der Waals surface area contributed by atoms with Crippen LogP contribution >= 0.6 is 0 Å².